The minimum absolute atomic E-state index is 0.315. The second kappa shape index (κ2) is 7.79. The van der Waals surface area contributed by atoms with Crippen LogP contribution in [0.2, 0.25) is 0 Å². The van der Waals surface area contributed by atoms with E-state index in [1.54, 1.807) is 0 Å². The van der Waals surface area contributed by atoms with Crippen molar-refractivity contribution < 1.29 is 18.4 Å². The summed E-state index contributed by atoms with van der Waals surface area (Å²) in [6, 6.07) is 0. The second-order valence-corrected chi connectivity index (χ2v) is 3.11. The molecule has 0 fully saturated rings. The molecule has 0 saturated heterocycles. The fourth-order valence-electron chi connectivity index (χ4n) is 0.624. The van der Waals surface area contributed by atoms with E-state index in [9.17, 15) is 9.59 Å². The molecule has 13 heavy (non-hydrogen) atoms. The lowest BCUT2D eigenvalue weighted by Gasteiger charge is -2.01. The third-order valence-corrected chi connectivity index (χ3v) is 1.84. The highest BCUT2D eigenvalue weighted by molar-refractivity contribution is 6.25. The summed E-state index contributed by atoms with van der Waals surface area (Å²) in [6.45, 7) is 3.76. The zero-order chi connectivity index (χ0) is 10.1. The molecule has 0 atom stereocenters. The van der Waals surface area contributed by atoms with Crippen molar-refractivity contribution in [2.24, 2.45) is 0 Å². The van der Waals surface area contributed by atoms with Gasteiger partial charge in [0.1, 0.15) is 0 Å². The van der Waals surface area contributed by atoms with E-state index >= 15 is 0 Å². The molecule has 0 saturated carbocycles. The second-order valence-electron chi connectivity index (χ2n) is 2.53. The van der Waals surface area contributed by atoms with Gasteiger partial charge in [0.05, 0.1) is 0 Å². The van der Waals surface area contributed by atoms with Gasteiger partial charge in [-0.3, -0.25) is 9.59 Å². The average Bonchev–Trinajstić information content (AvgIpc) is 2.05. The van der Waals surface area contributed by atoms with Crippen LogP contribution in [0.5, 0.6) is 0 Å². The molecule has 0 aliphatic carbocycles. The lowest BCUT2D eigenvalue weighted by Crippen LogP contribution is -2.15. The molecule has 5 heteroatoms. The molecule has 4 nitrogen and oxygen atoms in total. The van der Waals surface area contributed by atoms with Crippen LogP contribution in [0, 0.1) is 0 Å². The van der Waals surface area contributed by atoms with Gasteiger partial charge in [-0.25, -0.2) is 0 Å². The van der Waals surface area contributed by atoms with Gasteiger partial charge >= 0.3 is 10.0 Å². The molecule has 0 aromatic carbocycles. The number of carbonyl (C=O) groups is 2. The van der Waals surface area contributed by atoms with Gasteiger partial charge in [-0.2, -0.15) is 0 Å². The highest BCUT2D eigenvalue weighted by Gasteiger charge is 2.08. The lowest BCUT2D eigenvalue weighted by molar-refractivity contribution is -0.139. The van der Waals surface area contributed by atoms with Gasteiger partial charge in [-0.05, 0) is 12.8 Å². The van der Waals surface area contributed by atoms with Crippen LogP contribution in [0.4, 0.5) is 0 Å². The first kappa shape index (κ1) is 12.2. The molecule has 0 N–H and O–H groups in total. The monoisotopic (exact) mass is 202 g/mol. The first-order chi connectivity index (χ1) is 6.20. The average molecular weight is 202 g/mol. The third-order valence-electron chi connectivity index (χ3n) is 1.22. The third kappa shape index (κ3) is 7.52. The van der Waals surface area contributed by atoms with Crippen LogP contribution in [-0.2, 0) is 18.4 Å². The van der Waals surface area contributed by atoms with Crippen LogP contribution < -0.4 is 0 Å². The maximum atomic E-state index is 10.8. The highest BCUT2D eigenvalue weighted by Crippen LogP contribution is 1.93. The number of rotatable bonds is 6. The first-order valence-corrected chi connectivity index (χ1v) is 5.16. The van der Waals surface area contributed by atoms with Gasteiger partial charge < -0.3 is 8.85 Å². The van der Waals surface area contributed by atoms with Gasteiger partial charge in [-0.15, -0.1) is 0 Å². The zero-order valence-corrected chi connectivity index (χ0v) is 8.96. The van der Waals surface area contributed by atoms with E-state index in [1.807, 2.05) is 13.8 Å². The molecule has 0 unspecified atom stereocenters. The summed E-state index contributed by atoms with van der Waals surface area (Å²) in [5.41, 5.74) is 0. The summed E-state index contributed by atoms with van der Waals surface area (Å²) in [5.74, 6) is -0.629. The van der Waals surface area contributed by atoms with Crippen molar-refractivity contribution in [1.29, 1.82) is 0 Å². The van der Waals surface area contributed by atoms with Crippen LogP contribution >= 0.6 is 0 Å². The van der Waals surface area contributed by atoms with Crippen molar-refractivity contribution in [2.45, 2.75) is 39.5 Å². The molecular formula is C8H14O4Si. The summed E-state index contributed by atoms with van der Waals surface area (Å²) in [7, 11) is -0.487. The van der Waals surface area contributed by atoms with E-state index in [1.165, 1.54) is 0 Å². The minimum Gasteiger partial charge on any atom is -0.481 e. The van der Waals surface area contributed by atoms with Gasteiger partial charge in [0.2, 0.25) is 0 Å². The number of carbonyl (C=O) groups excluding carboxylic acids is 2. The van der Waals surface area contributed by atoms with E-state index < -0.39 is 10.0 Å². The Labute approximate surface area is 80.7 Å². The van der Waals surface area contributed by atoms with Crippen molar-refractivity contribution in [2.75, 3.05) is 0 Å². The molecule has 2 radical (unpaired) electrons. The molecule has 0 aliphatic heterocycles. The predicted molar refractivity (Wildman–Crippen MR) is 47.8 cm³/mol. The summed E-state index contributed by atoms with van der Waals surface area (Å²) in [5, 5.41) is 0. The Balaban J connectivity index is 3.33. The molecule has 0 spiro atoms. The summed E-state index contributed by atoms with van der Waals surface area (Å²) in [6.07, 6.45) is 2.23. The molecule has 0 aromatic heterocycles. The quantitative estimate of drug-likeness (QED) is 0.607. The van der Waals surface area contributed by atoms with Crippen LogP contribution in [-0.4, -0.2) is 21.9 Å². The van der Waals surface area contributed by atoms with E-state index in [0.29, 0.717) is 12.8 Å². The molecule has 0 amide bonds. The largest absolute Gasteiger partial charge is 0.614 e. The Hall–Kier alpha value is -0.843. The minimum atomic E-state index is -0.487. The van der Waals surface area contributed by atoms with Crippen molar-refractivity contribution in [3.8, 4) is 0 Å². The van der Waals surface area contributed by atoms with Crippen molar-refractivity contribution in [3.63, 3.8) is 0 Å². The van der Waals surface area contributed by atoms with Crippen molar-refractivity contribution in [1.82, 2.24) is 0 Å². The summed E-state index contributed by atoms with van der Waals surface area (Å²) >= 11 is 0. The Morgan fingerprint density at radius 1 is 1.00 bits per heavy atom. The molecule has 0 bridgehead atoms. The van der Waals surface area contributed by atoms with Crippen molar-refractivity contribution >= 4 is 21.9 Å². The van der Waals surface area contributed by atoms with Crippen LogP contribution in [0.25, 0.3) is 0 Å². The number of hydrogen-bond acceptors (Lipinski definition) is 4. The first-order valence-electron chi connectivity index (χ1n) is 4.35. The van der Waals surface area contributed by atoms with Gasteiger partial charge in [0.15, 0.2) is 0 Å². The number of hydrogen-bond donors (Lipinski definition) is 0. The highest BCUT2D eigenvalue weighted by atomic mass is 28.3. The SMILES string of the molecule is CCCC(=O)O[Si]OC(=O)CCC. The fraction of sp³-hybridized carbons (Fsp3) is 0.750. The molecule has 0 heterocycles. The van der Waals surface area contributed by atoms with Crippen molar-refractivity contribution in [3.05, 3.63) is 0 Å². The maximum Gasteiger partial charge on any atom is 0.614 e. The summed E-state index contributed by atoms with van der Waals surface area (Å²) in [4.78, 5) is 21.6. The molecule has 0 aliphatic rings. The smallest absolute Gasteiger partial charge is 0.481 e. The zero-order valence-electron chi connectivity index (χ0n) is 7.96. The van der Waals surface area contributed by atoms with Crippen LogP contribution in [0.1, 0.15) is 39.5 Å². The van der Waals surface area contributed by atoms with E-state index in [-0.39, 0.29) is 11.9 Å². The lowest BCUT2D eigenvalue weighted by atomic mass is 10.4. The maximum absolute atomic E-state index is 10.8. The fourth-order valence-corrected chi connectivity index (χ4v) is 1.06. The standard InChI is InChI=1S/C8H14O4Si/c1-3-5-7(9)11-13-12-8(10)6-4-2/h3-6H2,1-2H3. The topological polar surface area (TPSA) is 52.6 Å². The van der Waals surface area contributed by atoms with Gasteiger partial charge in [0.25, 0.3) is 11.9 Å². The predicted octanol–water partition coefficient (Wildman–Crippen LogP) is 1.21. The Morgan fingerprint density at radius 2 is 1.38 bits per heavy atom. The molecule has 0 rings (SSSR count). The van der Waals surface area contributed by atoms with E-state index in [4.69, 9.17) is 0 Å². The van der Waals surface area contributed by atoms with E-state index in [0.717, 1.165) is 12.8 Å². The molecule has 0 aromatic rings. The Kier molecular flexibility index (Phi) is 7.28. The molecular weight excluding hydrogens is 188 g/mol. The Morgan fingerprint density at radius 3 is 1.69 bits per heavy atom. The molecule has 74 valence electrons. The summed E-state index contributed by atoms with van der Waals surface area (Å²) < 4.78 is 9.29. The van der Waals surface area contributed by atoms with E-state index in [2.05, 4.69) is 8.85 Å². The Bertz CT molecular complexity index is 152. The van der Waals surface area contributed by atoms with Crippen LogP contribution in [0.15, 0.2) is 0 Å². The normalized spacial score (nSPS) is 9.38. The van der Waals surface area contributed by atoms with Gasteiger partial charge in [0, 0.05) is 12.8 Å². The van der Waals surface area contributed by atoms with Gasteiger partial charge in [-0.1, -0.05) is 13.8 Å². The van der Waals surface area contributed by atoms with Crippen LogP contribution in [0.3, 0.4) is 0 Å².